The monoisotopic (exact) mass is 497 g/mol. The summed E-state index contributed by atoms with van der Waals surface area (Å²) in [6, 6.07) is 7.63. The molecule has 10 heteroatoms. The average molecular weight is 498 g/mol. The predicted molar refractivity (Wildman–Crippen MR) is 121 cm³/mol. The third kappa shape index (κ3) is 5.14. The second-order valence-corrected chi connectivity index (χ2v) is 8.16. The van der Waals surface area contributed by atoms with Crippen molar-refractivity contribution >= 4 is 34.4 Å². The third-order valence-electron chi connectivity index (χ3n) is 5.56. The highest BCUT2D eigenvalue weighted by molar-refractivity contribution is 6.33. The van der Waals surface area contributed by atoms with Crippen LogP contribution in [-0.4, -0.2) is 35.0 Å². The number of unbranched alkanes of at least 4 members (excludes halogenated alkanes) is 1. The minimum Gasteiger partial charge on any atom is -0.495 e. The fourth-order valence-corrected chi connectivity index (χ4v) is 4.26. The summed E-state index contributed by atoms with van der Waals surface area (Å²) in [5.74, 6) is -2.57. The second-order valence-electron chi connectivity index (χ2n) is 7.75. The van der Waals surface area contributed by atoms with Gasteiger partial charge in [-0.25, -0.2) is 0 Å². The molecule has 1 atom stereocenters. The van der Waals surface area contributed by atoms with Crippen molar-refractivity contribution in [2.24, 2.45) is 0 Å². The number of nitrogens with zero attached hydrogens (tertiary/aromatic N) is 1. The van der Waals surface area contributed by atoms with Crippen molar-refractivity contribution in [1.82, 2.24) is 4.57 Å². The molecule has 0 radical (unpaired) electrons. The number of aliphatic carboxylic acids is 1. The zero-order valence-corrected chi connectivity index (χ0v) is 19.5. The number of benzene rings is 2. The van der Waals surface area contributed by atoms with Crippen LogP contribution in [0, 0.1) is 6.92 Å². The van der Waals surface area contributed by atoms with Gasteiger partial charge in [0.15, 0.2) is 0 Å². The van der Waals surface area contributed by atoms with Crippen molar-refractivity contribution < 1.29 is 37.3 Å². The Hall–Kier alpha value is -3.20. The van der Waals surface area contributed by atoms with Crippen LogP contribution in [0.25, 0.3) is 10.9 Å². The maximum Gasteiger partial charge on any atom is 0.573 e. The van der Waals surface area contributed by atoms with E-state index in [0.29, 0.717) is 40.8 Å². The third-order valence-corrected chi connectivity index (χ3v) is 5.85. The van der Waals surface area contributed by atoms with Crippen LogP contribution in [0.4, 0.5) is 13.2 Å². The van der Waals surface area contributed by atoms with E-state index in [1.165, 1.54) is 29.9 Å². The van der Waals surface area contributed by atoms with Gasteiger partial charge in [-0.15, -0.1) is 13.2 Å². The van der Waals surface area contributed by atoms with Gasteiger partial charge in [0.25, 0.3) is 5.91 Å². The Balaban J connectivity index is 2.19. The summed E-state index contributed by atoms with van der Waals surface area (Å²) in [7, 11) is 1.43. The molecule has 0 aliphatic carbocycles. The summed E-state index contributed by atoms with van der Waals surface area (Å²) in [5, 5.41) is 10.7. The number of carbonyl (C=O) groups excluding carboxylic acids is 1. The minimum atomic E-state index is -4.85. The highest BCUT2D eigenvalue weighted by atomic mass is 35.5. The summed E-state index contributed by atoms with van der Waals surface area (Å²) < 4.78 is 47.9. The van der Waals surface area contributed by atoms with E-state index >= 15 is 0 Å². The van der Waals surface area contributed by atoms with E-state index in [2.05, 4.69) is 4.74 Å². The van der Waals surface area contributed by atoms with Crippen molar-refractivity contribution in [3.63, 3.8) is 0 Å². The van der Waals surface area contributed by atoms with Gasteiger partial charge in [0.2, 0.25) is 0 Å². The summed E-state index contributed by atoms with van der Waals surface area (Å²) in [6.45, 7) is 3.59. The lowest BCUT2D eigenvalue weighted by molar-refractivity contribution is -0.274. The van der Waals surface area contributed by atoms with Gasteiger partial charge in [0.1, 0.15) is 11.5 Å². The van der Waals surface area contributed by atoms with E-state index < -0.39 is 29.9 Å². The Morgan fingerprint density at radius 2 is 1.82 bits per heavy atom. The summed E-state index contributed by atoms with van der Waals surface area (Å²) in [5.41, 5.74) is 1.34. The Bertz CT molecular complexity index is 1220. The fraction of sp³-hybridized carbons (Fsp3) is 0.333. The molecule has 0 bridgehead atoms. The van der Waals surface area contributed by atoms with Crippen molar-refractivity contribution in [3.05, 3.63) is 58.2 Å². The van der Waals surface area contributed by atoms with E-state index in [1.54, 1.807) is 13.0 Å². The van der Waals surface area contributed by atoms with Crippen molar-refractivity contribution in [1.29, 1.82) is 0 Å². The highest BCUT2D eigenvalue weighted by Gasteiger charge is 2.32. The lowest BCUT2D eigenvalue weighted by Gasteiger charge is -2.14. The number of methoxy groups -OCH3 is 1. The van der Waals surface area contributed by atoms with Crippen molar-refractivity contribution in [3.8, 4) is 11.5 Å². The number of hydrogen-bond acceptors (Lipinski definition) is 4. The predicted octanol–water partition coefficient (Wildman–Crippen LogP) is 6.56. The summed E-state index contributed by atoms with van der Waals surface area (Å²) >= 11 is 6.31. The molecule has 1 heterocycles. The molecule has 0 fully saturated rings. The van der Waals surface area contributed by atoms with Crippen LogP contribution in [0.3, 0.4) is 0 Å². The zero-order chi connectivity index (χ0) is 25.2. The number of hydrogen-bond donors (Lipinski definition) is 1. The van der Waals surface area contributed by atoms with Gasteiger partial charge in [0.05, 0.1) is 23.6 Å². The molecule has 0 saturated carbocycles. The zero-order valence-electron chi connectivity index (χ0n) is 18.7. The molecule has 34 heavy (non-hydrogen) atoms. The molecule has 1 aromatic heterocycles. The molecule has 0 saturated heterocycles. The van der Waals surface area contributed by atoms with Gasteiger partial charge >= 0.3 is 12.3 Å². The first-order chi connectivity index (χ1) is 16.0. The largest absolute Gasteiger partial charge is 0.573 e. The second kappa shape index (κ2) is 9.97. The van der Waals surface area contributed by atoms with Crippen LogP contribution >= 0.6 is 11.6 Å². The first-order valence-corrected chi connectivity index (χ1v) is 10.9. The molecule has 0 aliphatic rings. The molecule has 2 aromatic carbocycles. The minimum absolute atomic E-state index is 0.0912. The normalized spacial score (nSPS) is 12.6. The summed E-state index contributed by atoms with van der Waals surface area (Å²) in [6.07, 6.45) is -3.02. The maximum atomic E-state index is 13.4. The molecule has 1 unspecified atom stereocenters. The topological polar surface area (TPSA) is 77.8 Å². The van der Waals surface area contributed by atoms with Crippen LogP contribution in [0.2, 0.25) is 5.02 Å². The van der Waals surface area contributed by atoms with Gasteiger partial charge < -0.3 is 14.6 Å². The lowest BCUT2D eigenvalue weighted by Crippen LogP contribution is -2.18. The molecule has 182 valence electrons. The Labute approximate surface area is 198 Å². The molecule has 0 amide bonds. The molecular formula is C24H23ClF3NO5. The van der Waals surface area contributed by atoms with Gasteiger partial charge in [0, 0.05) is 16.6 Å². The molecule has 6 nitrogen and oxygen atoms in total. The van der Waals surface area contributed by atoms with Crippen LogP contribution in [0.5, 0.6) is 11.5 Å². The number of carboxylic acids is 1. The molecule has 3 aromatic rings. The molecule has 1 N–H and O–H groups in total. The average Bonchev–Trinajstić information content (AvgIpc) is 3.03. The number of fused-ring (bicyclic) bond motifs is 1. The smallest absolute Gasteiger partial charge is 0.495 e. The van der Waals surface area contributed by atoms with Crippen LogP contribution in [0.1, 0.15) is 53.7 Å². The van der Waals surface area contributed by atoms with Crippen LogP contribution in [-0.2, 0) is 4.79 Å². The van der Waals surface area contributed by atoms with E-state index in [1.807, 2.05) is 6.92 Å². The Morgan fingerprint density at radius 1 is 1.18 bits per heavy atom. The quantitative estimate of drug-likeness (QED) is 0.381. The number of carboxylic acid groups (broad SMARTS) is 1. The highest BCUT2D eigenvalue weighted by Crippen LogP contribution is 2.40. The van der Waals surface area contributed by atoms with E-state index in [-0.39, 0.29) is 10.6 Å². The summed E-state index contributed by atoms with van der Waals surface area (Å²) in [4.78, 5) is 25.6. The first-order valence-electron chi connectivity index (χ1n) is 10.5. The Morgan fingerprint density at radius 3 is 2.35 bits per heavy atom. The lowest BCUT2D eigenvalue weighted by atomic mass is 9.91. The maximum absolute atomic E-state index is 13.4. The molecular weight excluding hydrogens is 475 g/mol. The van der Waals surface area contributed by atoms with Gasteiger partial charge in [-0.05, 0) is 55.3 Å². The van der Waals surface area contributed by atoms with E-state index in [4.69, 9.17) is 16.3 Å². The number of rotatable bonds is 8. The van der Waals surface area contributed by atoms with Crippen molar-refractivity contribution in [2.45, 2.75) is 45.4 Å². The Kier molecular flexibility index (Phi) is 7.45. The first kappa shape index (κ1) is 25.4. The van der Waals surface area contributed by atoms with Gasteiger partial charge in [-0.2, -0.15) is 0 Å². The molecule has 0 spiro atoms. The molecule has 0 aliphatic heterocycles. The molecule has 3 rings (SSSR count). The van der Waals surface area contributed by atoms with Gasteiger partial charge in [-0.1, -0.05) is 31.4 Å². The fourth-order valence-electron chi connectivity index (χ4n) is 4.03. The number of alkyl halides is 3. The van der Waals surface area contributed by atoms with E-state index in [9.17, 15) is 27.9 Å². The van der Waals surface area contributed by atoms with E-state index in [0.717, 1.165) is 18.6 Å². The van der Waals surface area contributed by atoms with Gasteiger partial charge in [-0.3, -0.25) is 14.2 Å². The number of carbonyl (C=O) groups is 2. The van der Waals surface area contributed by atoms with Crippen LogP contribution < -0.4 is 9.47 Å². The number of aromatic nitrogens is 1. The number of halogens is 4. The number of ether oxygens (including phenoxy) is 2. The SMILES string of the molecule is CCCCC(C(=O)O)c1c(C)n(C(=O)c2ccc(OC(F)(F)F)cc2)c2cc(Cl)c(OC)cc12. The van der Waals surface area contributed by atoms with Crippen LogP contribution in [0.15, 0.2) is 36.4 Å². The van der Waals surface area contributed by atoms with Crippen molar-refractivity contribution in [2.75, 3.05) is 7.11 Å². The standard InChI is InChI=1S/C24H23ClF3NO5/c1-4-5-6-16(23(31)32)21-13(2)29(19-12-18(25)20(33-3)11-17(19)21)22(30)14-7-9-15(10-8-14)34-24(26,27)28/h7-12,16H,4-6H2,1-3H3,(H,31,32).